The van der Waals surface area contributed by atoms with Crippen LogP contribution in [0, 0.1) is 33.6 Å². The van der Waals surface area contributed by atoms with Crippen LogP contribution in [0.1, 0.15) is 49.6 Å². The van der Waals surface area contributed by atoms with E-state index in [1.165, 1.54) is 5.56 Å². The molecule has 0 spiro atoms. The van der Waals surface area contributed by atoms with Gasteiger partial charge in [0.1, 0.15) is 0 Å². The number of aryl methyl sites for hydroxylation is 4. The highest BCUT2D eigenvalue weighted by Crippen LogP contribution is 2.26. The van der Waals surface area contributed by atoms with Gasteiger partial charge in [-0.05, 0) is 97.3 Å². The van der Waals surface area contributed by atoms with E-state index < -0.39 is 10.0 Å². The third-order valence-corrected chi connectivity index (χ3v) is 9.34. The molecule has 5 rings (SSSR count). The number of aromatic nitrogens is 3. The lowest BCUT2D eigenvalue weighted by Crippen LogP contribution is -2.37. The summed E-state index contributed by atoms with van der Waals surface area (Å²) in [5, 5.41) is 4.28. The predicted molar refractivity (Wildman–Crippen MR) is 155 cm³/mol. The van der Waals surface area contributed by atoms with E-state index in [-0.39, 0.29) is 7.43 Å². The van der Waals surface area contributed by atoms with E-state index in [2.05, 4.69) is 58.1 Å². The highest BCUT2D eigenvalue weighted by molar-refractivity contribution is 9.10. The second-order valence-electron chi connectivity index (χ2n) is 9.66. The summed E-state index contributed by atoms with van der Waals surface area (Å²) >= 11 is 3.48. The number of fused-ring (bicyclic) bond motifs is 1. The van der Waals surface area contributed by atoms with Gasteiger partial charge in [-0.25, -0.2) is 17.9 Å². The molecule has 1 aliphatic rings. The quantitative estimate of drug-likeness (QED) is 0.257. The molecule has 1 fully saturated rings. The molecule has 0 saturated carbocycles. The van der Waals surface area contributed by atoms with Gasteiger partial charge in [0.15, 0.2) is 5.65 Å². The molecule has 6 nitrogen and oxygen atoms in total. The first-order chi connectivity index (χ1) is 17.1. The Hall–Kier alpha value is -2.55. The second-order valence-corrected chi connectivity index (χ2v) is 12.5. The third-order valence-electron chi connectivity index (χ3n) is 6.89. The lowest BCUT2D eigenvalue weighted by molar-refractivity contribution is 0.288. The zero-order chi connectivity index (χ0) is 26.0. The van der Waals surface area contributed by atoms with E-state index in [1.54, 1.807) is 22.6 Å². The fourth-order valence-corrected chi connectivity index (χ4v) is 6.24. The number of hydrogen-bond donors (Lipinski definition) is 0. The minimum absolute atomic E-state index is 0. The van der Waals surface area contributed by atoms with Gasteiger partial charge in [0.2, 0.25) is 10.0 Å². The Morgan fingerprint density at radius 3 is 2.24 bits per heavy atom. The summed E-state index contributed by atoms with van der Waals surface area (Å²) in [5.41, 5.74) is 7.46. The number of piperidine rings is 1. The number of sulfonamides is 1. The van der Waals surface area contributed by atoms with Crippen molar-refractivity contribution in [3.63, 3.8) is 0 Å². The van der Waals surface area contributed by atoms with Crippen LogP contribution in [-0.2, 0) is 10.0 Å². The topological polar surface area (TPSA) is 67.6 Å². The van der Waals surface area contributed by atoms with Crippen LogP contribution in [0.5, 0.6) is 0 Å². The maximum atomic E-state index is 12.5. The average molecular weight is 586 g/mol. The standard InChI is InChI=1S/C14H12BrN3.C14H21NO2S.CH4/c1-9-5-3-4-6-11(9)13-7-10(2)18-14(17-13)12(15)8-16-18;1-11-6-8-15(9-7-11)18(16,17)14-5-4-12(2)13(3)10-14;/h3-8H,1-2H3;4-5,10-11H,6-9H2,1-3H3;1H4. The maximum absolute atomic E-state index is 12.5. The van der Waals surface area contributed by atoms with E-state index in [0.717, 1.165) is 51.0 Å². The third kappa shape index (κ3) is 6.30. The van der Waals surface area contributed by atoms with Crippen molar-refractivity contribution in [2.24, 2.45) is 5.92 Å². The number of rotatable bonds is 3. The van der Waals surface area contributed by atoms with Crippen molar-refractivity contribution in [2.75, 3.05) is 13.1 Å². The summed E-state index contributed by atoms with van der Waals surface area (Å²) in [5.74, 6) is 0.635. The van der Waals surface area contributed by atoms with Crippen LogP contribution in [0.3, 0.4) is 0 Å². The van der Waals surface area contributed by atoms with E-state index in [0.29, 0.717) is 23.9 Å². The first-order valence-electron chi connectivity index (χ1n) is 12.2. The van der Waals surface area contributed by atoms with E-state index >= 15 is 0 Å². The highest BCUT2D eigenvalue weighted by Gasteiger charge is 2.28. The van der Waals surface area contributed by atoms with Gasteiger partial charge in [-0.2, -0.15) is 9.40 Å². The minimum Gasteiger partial charge on any atom is -0.227 e. The van der Waals surface area contributed by atoms with Gasteiger partial charge >= 0.3 is 0 Å². The molecular formula is C29H37BrN4O2S. The molecule has 8 heteroatoms. The summed E-state index contributed by atoms with van der Waals surface area (Å²) < 4.78 is 29.3. The number of nitrogens with zero attached hydrogens (tertiary/aromatic N) is 4. The molecule has 0 amide bonds. The summed E-state index contributed by atoms with van der Waals surface area (Å²) in [6.45, 7) is 11.6. The van der Waals surface area contributed by atoms with Crippen LogP contribution in [0.25, 0.3) is 16.9 Å². The van der Waals surface area contributed by atoms with Crippen LogP contribution in [0.2, 0.25) is 0 Å². The van der Waals surface area contributed by atoms with Crippen LogP contribution < -0.4 is 0 Å². The van der Waals surface area contributed by atoms with Crippen molar-refractivity contribution in [1.82, 2.24) is 18.9 Å². The molecule has 0 atom stereocenters. The van der Waals surface area contributed by atoms with Gasteiger partial charge < -0.3 is 0 Å². The molecule has 0 bridgehead atoms. The lowest BCUT2D eigenvalue weighted by atomic mass is 10.0. The molecule has 0 unspecified atom stereocenters. The largest absolute Gasteiger partial charge is 0.243 e. The van der Waals surface area contributed by atoms with Crippen molar-refractivity contribution >= 4 is 31.6 Å². The Morgan fingerprint density at radius 2 is 1.59 bits per heavy atom. The van der Waals surface area contributed by atoms with Crippen molar-refractivity contribution in [3.8, 4) is 11.3 Å². The normalized spacial score (nSPS) is 14.6. The molecule has 3 heterocycles. The summed E-state index contributed by atoms with van der Waals surface area (Å²) in [4.78, 5) is 5.11. The Balaban J connectivity index is 0.000000200. The maximum Gasteiger partial charge on any atom is 0.243 e. The molecular weight excluding hydrogens is 548 g/mol. The first-order valence-corrected chi connectivity index (χ1v) is 14.5. The number of hydrogen-bond acceptors (Lipinski definition) is 4. The smallest absolute Gasteiger partial charge is 0.227 e. The zero-order valence-corrected chi connectivity index (χ0v) is 23.9. The molecule has 0 radical (unpaired) electrons. The van der Waals surface area contributed by atoms with Crippen molar-refractivity contribution in [3.05, 3.63) is 81.6 Å². The molecule has 4 aromatic rings. The molecule has 1 saturated heterocycles. The molecule has 198 valence electrons. The average Bonchev–Trinajstić information content (AvgIpc) is 3.23. The zero-order valence-electron chi connectivity index (χ0n) is 21.5. The van der Waals surface area contributed by atoms with Crippen LogP contribution in [-0.4, -0.2) is 40.4 Å². The van der Waals surface area contributed by atoms with Gasteiger partial charge in [0.05, 0.1) is 21.3 Å². The molecule has 0 N–H and O–H groups in total. The molecule has 2 aromatic carbocycles. The monoisotopic (exact) mass is 584 g/mol. The van der Waals surface area contributed by atoms with E-state index in [1.807, 2.05) is 43.5 Å². The first kappa shape index (κ1) is 29.0. The molecule has 2 aromatic heterocycles. The predicted octanol–water partition coefficient (Wildman–Crippen LogP) is 7.14. The van der Waals surface area contributed by atoms with Crippen LogP contribution >= 0.6 is 15.9 Å². The van der Waals surface area contributed by atoms with Gasteiger partial charge in [-0.3, -0.25) is 0 Å². The second kappa shape index (κ2) is 11.9. The SMILES string of the molecule is C.Cc1ccc(S(=O)(=O)N2CCC(C)CC2)cc1C.Cc1ccccc1-c1cc(C)n2ncc(Br)c2n1. The van der Waals surface area contributed by atoms with Gasteiger partial charge in [0, 0.05) is 24.3 Å². The fourth-order valence-electron chi connectivity index (χ4n) is 4.33. The van der Waals surface area contributed by atoms with Gasteiger partial charge in [-0.15, -0.1) is 0 Å². The Labute approximate surface area is 229 Å². The molecule has 1 aliphatic heterocycles. The number of halogens is 1. The fraction of sp³-hybridized carbons (Fsp3) is 0.379. The highest BCUT2D eigenvalue weighted by atomic mass is 79.9. The van der Waals surface area contributed by atoms with Crippen molar-refractivity contribution < 1.29 is 8.42 Å². The Bertz CT molecular complexity index is 1490. The van der Waals surface area contributed by atoms with Crippen molar-refractivity contribution in [2.45, 2.75) is 59.8 Å². The molecule has 37 heavy (non-hydrogen) atoms. The lowest BCUT2D eigenvalue weighted by Gasteiger charge is -2.29. The van der Waals surface area contributed by atoms with Crippen LogP contribution in [0.4, 0.5) is 0 Å². The van der Waals surface area contributed by atoms with Gasteiger partial charge in [-0.1, -0.05) is 44.7 Å². The molecule has 0 aliphatic carbocycles. The van der Waals surface area contributed by atoms with E-state index in [4.69, 9.17) is 0 Å². The van der Waals surface area contributed by atoms with Gasteiger partial charge in [0.25, 0.3) is 0 Å². The van der Waals surface area contributed by atoms with Crippen molar-refractivity contribution in [1.29, 1.82) is 0 Å². The minimum atomic E-state index is -3.29. The van der Waals surface area contributed by atoms with E-state index in [9.17, 15) is 8.42 Å². The summed E-state index contributed by atoms with van der Waals surface area (Å²) in [6, 6.07) is 15.7. The Kier molecular flexibility index (Phi) is 9.32. The Morgan fingerprint density at radius 1 is 0.919 bits per heavy atom. The van der Waals surface area contributed by atoms with Crippen LogP contribution in [0.15, 0.2) is 64.1 Å². The summed E-state index contributed by atoms with van der Waals surface area (Å²) in [7, 11) is -3.29. The summed E-state index contributed by atoms with van der Waals surface area (Å²) in [6.07, 6.45) is 3.70. The number of benzene rings is 2.